The maximum absolute atomic E-state index is 12.8. The fourth-order valence-corrected chi connectivity index (χ4v) is 2.74. The van der Waals surface area contributed by atoms with Crippen molar-refractivity contribution in [3.63, 3.8) is 0 Å². The molecule has 2 aromatic carbocycles. The number of nitro groups is 1. The van der Waals surface area contributed by atoms with E-state index in [9.17, 15) is 23.3 Å². The van der Waals surface area contributed by atoms with Gasteiger partial charge in [-0.05, 0) is 29.7 Å². The number of hydrogen-bond donors (Lipinski definition) is 0. The maximum Gasteiger partial charge on any atom is 0.416 e. The molecule has 0 saturated heterocycles. The summed E-state index contributed by atoms with van der Waals surface area (Å²) in [7, 11) is 0. The zero-order valence-electron chi connectivity index (χ0n) is 14.6. The van der Waals surface area contributed by atoms with Gasteiger partial charge in [0.05, 0.1) is 10.5 Å². The van der Waals surface area contributed by atoms with Crippen LogP contribution in [0.5, 0.6) is 0 Å². The van der Waals surface area contributed by atoms with Crippen molar-refractivity contribution >= 4 is 5.69 Å². The SMILES string of the molecule is O=[N+]([O-])c1ccc(Cc2cc[n+](Cc3cccc(C(F)(F)F)c3)cc2)cc1.[Cl-]. The van der Waals surface area contributed by atoms with Gasteiger partial charge < -0.3 is 12.4 Å². The zero-order valence-corrected chi connectivity index (χ0v) is 15.3. The standard InChI is InChI=1S/C20H16F3N2O2.ClH/c21-20(22,23)18-3-1-2-17(13-18)14-24-10-8-16(9-11-24)12-15-4-6-19(7-5-15)25(26)27;/h1-11,13H,12,14H2;1H/q+1;/p-1. The predicted molar refractivity (Wildman–Crippen MR) is 93.1 cm³/mol. The minimum absolute atomic E-state index is 0. The Bertz CT molecular complexity index is 943. The average molecular weight is 409 g/mol. The molecule has 1 aromatic heterocycles. The number of nitro benzene ring substituents is 1. The average Bonchev–Trinajstić information content (AvgIpc) is 2.63. The van der Waals surface area contributed by atoms with Gasteiger partial charge in [-0.15, -0.1) is 0 Å². The Hall–Kier alpha value is -2.93. The molecule has 0 unspecified atom stereocenters. The number of nitrogens with zero attached hydrogens (tertiary/aromatic N) is 2. The van der Waals surface area contributed by atoms with Crippen LogP contribution in [0.3, 0.4) is 0 Å². The molecule has 8 heteroatoms. The lowest BCUT2D eigenvalue weighted by molar-refractivity contribution is -0.688. The number of aromatic nitrogens is 1. The van der Waals surface area contributed by atoms with Crippen LogP contribution in [0.25, 0.3) is 0 Å². The van der Waals surface area contributed by atoms with Crippen molar-refractivity contribution in [2.24, 2.45) is 0 Å². The molecule has 3 aromatic rings. The smallest absolute Gasteiger partial charge is 0.416 e. The molecule has 1 heterocycles. The van der Waals surface area contributed by atoms with Gasteiger partial charge in [0.15, 0.2) is 18.9 Å². The molecule has 28 heavy (non-hydrogen) atoms. The summed E-state index contributed by atoms with van der Waals surface area (Å²) in [5.41, 5.74) is 1.90. The van der Waals surface area contributed by atoms with Gasteiger partial charge >= 0.3 is 6.18 Å². The highest BCUT2D eigenvalue weighted by atomic mass is 35.5. The van der Waals surface area contributed by atoms with E-state index in [-0.39, 0.29) is 18.1 Å². The molecule has 0 N–H and O–H groups in total. The van der Waals surface area contributed by atoms with Crippen molar-refractivity contribution in [2.45, 2.75) is 19.1 Å². The first-order valence-electron chi connectivity index (χ1n) is 8.19. The summed E-state index contributed by atoms with van der Waals surface area (Å²) in [5.74, 6) is 0. The summed E-state index contributed by atoms with van der Waals surface area (Å²) < 4.78 is 40.2. The Morgan fingerprint density at radius 1 is 0.893 bits per heavy atom. The summed E-state index contributed by atoms with van der Waals surface area (Å²) in [6, 6.07) is 15.4. The maximum atomic E-state index is 12.8. The summed E-state index contributed by atoms with van der Waals surface area (Å²) in [5, 5.41) is 10.7. The molecule has 0 aliphatic rings. The molecule has 0 atom stereocenters. The van der Waals surface area contributed by atoms with E-state index < -0.39 is 16.7 Å². The second-order valence-corrected chi connectivity index (χ2v) is 6.18. The van der Waals surface area contributed by atoms with Gasteiger partial charge in [-0.3, -0.25) is 10.1 Å². The number of pyridine rings is 1. The second-order valence-electron chi connectivity index (χ2n) is 6.18. The van der Waals surface area contributed by atoms with Crippen LogP contribution in [0, 0.1) is 10.1 Å². The van der Waals surface area contributed by atoms with Crippen molar-refractivity contribution in [3.8, 4) is 0 Å². The minimum atomic E-state index is -4.35. The monoisotopic (exact) mass is 408 g/mol. The highest BCUT2D eigenvalue weighted by Crippen LogP contribution is 2.29. The molecular weight excluding hydrogens is 393 g/mol. The number of hydrogen-bond acceptors (Lipinski definition) is 2. The molecule has 146 valence electrons. The van der Waals surface area contributed by atoms with Gasteiger partial charge in [-0.1, -0.05) is 24.3 Å². The van der Waals surface area contributed by atoms with Crippen molar-refractivity contribution in [1.82, 2.24) is 0 Å². The number of alkyl halides is 3. The van der Waals surface area contributed by atoms with Crippen LogP contribution in [0.4, 0.5) is 18.9 Å². The van der Waals surface area contributed by atoms with Crippen molar-refractivity contribution < 1.29 is 35.1 Å². The summed E-state index contributed by atoms with van der Waals surface area (Å²) in [6.45, 7) is 0.335. The molecule has 0 aliphatic carbocycles. The lowest BCUT2D eigenvalue weighted by Crippen LogP contribution is -3.00. The van der Waals surface area contributed by atoms with Crippen LogP contribution in [0.2, 0.25) is 0 Å². The Morgan fingerprint density at radius 3 is 2.07 bits per heavy atom. The van der Waals surface area contributed by atoms with Gasteiger partial charge in [-0.2, -0.15) is 13.2 Å². The van der Waals surface area contributed by atoms with E-state index in [0.717, 1.165) is 23.3 Å². The quantitative estimate of drug-likeness (QED) is 0.365. The number of rotatable bonds is 5. The second kappa shape index (κ2) is 8.84. The molecular formula is C20H16ClF3N2O2. The highest BCUT2D eigenvalue weighted by molar-refractivity contribution is 5.35. The molecule has 0 amide bonds. The van der Waals surface area contributed by atoms with E-state index in [0.29, 0.717) is 18.5 Å². The van der Waals surface area contributed by atoms with Gasteiger partial charge in [-0.25, -0.2) is 4.57 Å². The van der Waals surface area contributed by atoms with E-state index in [1.54, 1.807) is 35.2 Å². The van der Waals surface area contributed by atoms with Crippen LogP contribution < -0.4 is 17.0 Å². The predicted octanol–water partition coefficient (Wildman–Crippen LogP) is 1.54. The van der Waals surface area contributed by atoms with Crippen LogP contribution in [-0.2, 0) is 19.1 Å². The van der Waals surface area contributed by atoms with E-state index in [2.05, 4.69) is 0 Å². The third-order valence-corrected chi connectivity index (χ3v) is 4.14. The number of benzene rings is 2. The van der Waals surface area contributed by atoms with E-state index in [1.165, 1.54) is 18.2 Å². The first-order valence-corrected chi connectivity index (χ1v) is 8.19. The third-order valence-electron chi connectivity index (χ3n) is 4.14. The summed E-state index contributed by atoms with van der Waals surface area (Å²) in [6.07, 6.45) is -0.125. The Balaban J connectivity index is 0.00000280. The van der Waals surface area contributed by atoms with Gasteiger partial charge in [0.1, 0.15) is 0 Å². The molecule has 0 saturated carbocycles. The van der Waals surface area contributed by atoms with Crippen LogP contribution in [-0.4, -0.2) is 4.92 Å². The van der Waals surface area contributed by atoms with Crippen LogP contribution in [0.15, 0.2) is 73.1 Å². The van der Waals surface area contributed by atoms with Crippen LogP contribution >= 0.6 is 0 Å². The first kappa shape index (κ1) is 21.4. The molecule has 3 rings (SSSR count). The molecule has 0 aliphatic heterocycles. The van der Waals surface area contributed by atoms with Crippen LogP contribution in [0.1, 0.15) is 22.3 Å². The molecule has 0 spiro atoms. The largest absolute Gasteiger partial charge is 1.00 e. The molecule has 0 bridgehead atoms. The van der Waals surface area contributed by atoms with Crippen molar-refractivity contribution in [1.29, 1.82) is 0 Å². The van der Waals surface area contributed by atoms with E-state index >= 15 is 0 Å². The summed E-state index contributed by atoms with van der Waals surface area (Å²) >= 11 is 0. The minimum Gasteiger partial charge on any atom is -1.00 e. The zero-order chi connectivity index (χ0) is 19.4. The van der Waals surface area contributed by atoms with Gasteiger partial charge in [0.2, 0.25) is 0 Å². The van der Waals surface area contributed by atoms with Crippen molar-refractivity contribution in [3.05, 3.63) is 105 Å². The number of halogens is 4. The molecule has 0 radical (unpaired) electrons. The number of non-ortho nitro benzene ring substituents is 1. The van der Waals surface area contributed by atoms with Crippen molar-refractivity contribution in [2.75, 3.05) is 0 Å². The molecule has 0 fully saturated rings. The fraction of sp³-hybridized carbons (Fsp3) is 0.150. The Morgan fingerprint density at radius 2 is 1.50 bits per heavy atom. The Labute approximate surface area is 165 Å². The lowest BCUT2D eigenvalue weighted by atomic mass is 10.1. The third kappa shape index (κ3) is 5.53. The normalized spacial score (nSPS) is 11.0. The summed E-state index contributed by atoms with van der Waals surface area (Å²) in [4.78, 5) is 10.2. The topological polar surface area (TPSA) is 47.0 Å². The lowest BCUT2D eigenvalue weighted by Gasteiger charge is -2.07. The Kier molecular flexibility index (Phi) is 6.75. The van der Waals surface area contributed by atoms with E-state index in [1.807, 2.05) is 12.1 Å². The highest BCUT2D eigenvalue weighted by Gasteiger charge is 2.30. The molecule has 4 nitrogen and oxygen atoms in total. The fourth-order valence-electron chi connectivity index (χ4n) is 2.74. The van der Waals surface area contributed by atoms with Gasteiger partial charge in [0, 0.05) is 29.8 Å². The van der Waals surface area contributed by atoms with E-state index in [4.69, 9.17) is 0 Å². The first-order chi connectivity index (χ1) is 12.8. The van der Waals surface area contributed by atoms with Gasteiger partial charge in [0.25, 0.3) is 5.69 Å².